The maximum Gasteiger partial charge on any atom is 0.293 e. The molecular formula is C8H12O3. The van der Waals surface area contributed by atoms with Crippen LogP contribution < -0.4 is 0 Å². The summed E-state index contributed by atoms with van der Waals surface area (Å²) in [5.41, 5.74) is 0. The van der Waals surface area contributed by atoms with Crippen molar-refractivity contribution < 1.29 is 14.3 Å². The number of Topliss-reactive ketones (excluding diaryl/α,β-unsaturated/α-hetero) is 1. The number of ether oxygens (including phenoxy) is 1. The average Bonchev–Trinajstić information content (AvgIpc) is 2.67. The van der Waals surface area contributed by atoms with Crippen LogP contribution in [0.3, 0.4) is 0 Å². The summed E-state index contributed by atoms with van der Waals surface area (Å²) in [6.45, 7) is 4.13. The van der Waals surface area contributed by atoms with E-state index in [1.54, 1.807) is 0 Å². The van der Waals surface area contributed by atoms with E-state index in [-0.39, 0.29) is 23.7 Å². The summed E-state index contributed by atoms with van der Waals surface area (Å²) in [7, 11) is 0. The third-order valence-corrected chi connectivity index (χ3v) is 1.90. The molecule has 0 aliphatic heterocycles. The Bertz CT molecular complexity index is 174. The van der Waals surface area contributed by atoms with Crippen LogP contribution in [0.15, 0.2) is 0 Å². The molecule has 62 valence electrons. The van der Waals surface area contributed by atoms with Crippen molar-refractivity contribution in [2.75, 3.05) is 0 Å². The van der Waals surface area contributed by atoms with Crippen molar-refractivity contribution in [2.45, 2.75) is 26.4 Å². The van der Waals surface area contributed by atoms with E-state index in [1.807, 2.05) is 13.8 Å². The third kappa shape index (κ3) is 1.79. The molecule has 1 aliphatic rings. The van der Waals surface area contributed by atoms with Crippen molar-refractivity contribution in [2.24, 2.45) is 11.8 Å². The Labute approximate surface area is 65.7 Å². The Hall–Kier alpha value is -0.860. The van der Waals surface area contributed by atoms with Crippen molar-refractivity contribution in [3.8, 4) is 0 Å². The van der Waals surface area contributed by atoms with Crippen molar-refractivity contribution in [3.63, 3.8) is 0 Å². The molecule has 0 radical (unpaired) electrons. The minimum absolute atomic E-state index is 0.0137. The second-order valence-corrected chi connectivity index (χ2v) is 3.17. The number of hydrogen-bond donors (Lipinski definition) is 0. The lowest BCUT2D eigenvalue weighted by molar-refractivity contribution is -0.131. The lowest BCUT2D eigenvalue weighted by atomic mass is 10.1. The van der Waals surface area contributed by atoms with Crippen LogP contribution in [-0.2, 0) is 14.3 Å². The fourth-order valence-corrected chi connectivity index (χ4v) is 1.12. The molecule has 3 nitrogen and oxygen atoms in total. The van der Waals surface area contributed by atoms with Crippen LogP contribution in [0.1, 0.15) is 20.3 Å². The molecule has 0 amide bonds. The summed E-state index contributed by atoms with van der Waals surface area (Å²) in [4.78, 5) is 21.1. The molecular weight excluding hydrogens is 144 g/mol. The number of ketones is 1. The van der Waals surface area contributed by atoms with Gasteiger partial charge in [0, 0.05) is 5.92 Å². The molecule has 1 aliphatic carbocycles. The summed E-state index contributed by atoms with van der Waals surface area (Å²) >= 11 is 0. The average molecular weight is 156 g/mol. The van der Waals surface area contributed by atoms with E-state index in [4.69, 9.17) is 0 Å². The molecule has 0 heterocycles. The summed E-state index contributed by atoms with van der Waals surface area (Å²) in [5, 5.41) is 0. The molecule has 0 bridgehead atoms. The van der Waals surface area contributed by atoms with Gasteiger partial charge in [-0.2, -0.15) is 0 Å². The number of hydrogen-bond acceptors (Lipinski definition) is 3. The van der Waals surface area contributed by atoms with Gasteiger partial charge in [0.15, 0.2) is 0 Å². The van der Waals surface area contributed by atoms with Crippen molar-refractivity contribution >= 4 is 12.3 Å². The van der Waals surface area contributed by atoms with Gasteiger partial charge in [0.25, 0.3) is 6.47 Å². The number of carbonyl (C=O) groups excluding carboxylic acids is 2. The second-order valence-electron chi connectivity index (χ2n) is 3.17. The smallest absolute Gasteiger partial charge is 0.293 e. The molecule has 0 aromatic carbocycles. The quantitative estimate of drug-likeness (QED) is 0.565. The molecule has 0 N–H and O–H groups in total. The van der Waals surface area contributed by atoms with Gasteiger partial charge in [-0.05, 0) is 6.42 Å². The van der Waals surface area contributed by atoms with Crippen LogP contribution in [0.5, 0.6) is 0 Å². The third-order valence-electron chi connectivity index (χ3n) is 1.90. The minimum atomic E-state index is -0.123. The predicted octanol–water partition coefficient (Wildman–Crippen LogP) is 0.773. The van der Waals surface area contributed by atoms with E-state index in [0.29, 0.717) is 6.47 Å². The summed E-state index contributed by atoms with van der Waals surface area (Å²) in [5.74, 6) is 0.248. The zero-order valence-electron chi connectivity index (χ0n) is 6.74. The van der Waals surface area contributed by atoms with Gasteiger partial charge >= 0.3 is 0 Å². The van der Waals surface area contributed by atoms with Gasteiger partial charge in [0.2, 0.25) is 0 Å². The molecule has 0 aromatic heterocycles. The Balaban J connectivity index is 2.31. The predicted molar refractivity (Wildman–Crippen MR) is 38.9 cm³/mol. The monoisotopic (exact) mass is 156 g/mol. The summed E-state index contributed by atoms with van der Waals surface area (Å²) < 4.78 is 4.64. The van der Waals surface area contributed by atoms with E-state index in [0.717, 1.165) is 6.42 Å². The van der Waals surface area contributed by atoms with E-state index in [2.05, 4.69) is 4.74 Å². The SMILES string of the molecule is CC(C)C(=O)[C@H]1C[C@H]1OC=O. The van der Waals surface area contributed by atoms with Crippen LogP contribution in [0.2, 0.25) is 0 Å². The lowest BCUT2D eigenvalue weighted by Gasteiger charge is -2.00. The minimum Gasteiger partial charge on any atom is -0.464 e. The highest BCUT2D eigenvalue weighted by Crippen LogP contribution is 2.35. The topological polar surface area (TPSA) is 43.4 Å². The van der Waals surface area contributed by atoms with Gasteiger partial charge in [-0.1, -0.05) is 13.8 Å². The first-order valence-electron chi connectivity index (χ1n) is 3.79. The van der Waals surface area contributed by atoms with Gasteiger partial charge in [-0.15, -0.1) is 0 Å². The highest BCUT2D eigenvalue weighted by Gasteiger charge is 2.45. The van der Waals surface area contributed by atoms with Crippen molar-refractivity contribution in [1.29, 1.82) is 0 Å². The van der Waals surface area contributed by atoms with Crippen LogP contribution >= 0.6 is 0 Å². The van der Waals surface area contributed by atoms with Crippen LogP contribution in [0.4, 0.5) is 0 Å². The molecule has 1 saturated carbocycles. The van der Waals surface area contributed by atoms with Gasteiger partial charge in [0.1, 0.15) is 11.9 Å². The zero-order chi connectivity index (χ0) is 8.43. The molecule has 2 atom stereocenters. The van der Waals surface area contributed by atoms with Crippen molar-refractivity contribution in [1.82, 2.24) is 0 Å². The fourth-order valence-electron chi connectivity index (χ4n) is 1.12. The van der Waals surface area contributed by atoms with E-state index >= 15 is 0 Å². The Morgan fingerprint density at radius 2 is 2.27 bits per heavy atom. The molecule has 0 aromatic rings. The highest BCUT2D eigenvalue weighted by molar-refractivity contribution is 5.86. The Morgan fingerprint density at radius 3 is 2.73 bits per heavy atom. The molecule has 0 spiro atoms. The molecule has 3 heteroatoms. The lowest BCUT2D eigenvalue weighted by Crippen LogP contribution is -2.12. The fraction of sp³-hybridized carbons (Fsp3) is 0.750. The first-order valence-corrected chi connectivity index (χ1v) is 3.79. The van der Waals surface area contributed by atoms with Crippen molar-refractivity contribution in [3.05, 3.63) is 0 Å². The van der Waals surface area contributed by atoms with Crippen LogP contribution in [0, 0.1) is 11.8 Å². The van der Waals surface area contributed by atoms with E-state index in [1.165, 1.54) is 0 Å². The highest BCUT2D eigenvalue weighted by atomic mass is 16.5. The summed E-state index contributed by atoms with van der Waals surface area (Å²) in [6.07, 6.45) is 0.595. The largest absolute Gasteiger partial charge is 0.464 e. The normalized spacial score (nSPS) is 28.3. The van der Waals surface area contributed by atoms with Gasteiger partial charge < -0.3 is 4.74 Å². The first kappa shape index (κ1) is 8.24. The van der Waals surface area contributed by atoms with Gasteiger partial charge in [0.05, 0.1) is 5.92 Å². The Kier molecular flexibility index (Phi) is 2.27. The maximum absolute atomic E-state index is 11.2. The number of rotatable bonds is 4. The molecule has 0 unspecified atom stereocenters. The molecule has 11 heavy (non-hydrogen) atoms. The zero-order valence-corrected chi connectivity index (χ0v) is 6.74. The van der Waals surface area contributed by atoms with E-state index in [9.17, 15) is 9.59 Å². The number of carbonyl (C=O) groups is 2. The van der Waals surface area contributed by atoms with Gasteiger partial charge in [-0.25, -0.2) is 0 Å². The van der Waals surface area contributed by atoms with Crippen LogP contribution in [0.25, 0.3) is 0 Å². The summed E-state index contributed by atoms with van der Waals surface area (Å²) in [6, 6.07) is 0. The molecule has 1 fully saturated rings. The standard InChI is InChI=1S/C8H12O3/c1-5(2)8(10)6-3-7(6)11-4-9/h4-7H,3H2,1-2H3/t6-,7+/m0/s1. The molecule has 1 rings (SSSR count). The maximum atomic E-state index is 11.2. The van der Waals surface area contributed by atoms with Crippen LogP contribution in [-0.4, -0.2) is 18.4 Å². The van der Waals surface area contributed by atoms with E-state index < -0.39 is 0 Å². The molecule has 0 saturated heterocycles. The van der Waals surface area contributed by atoms with Gasteiger partial charge in [-0.3, -0.25) is 9.59 Å². The Morgan fingerprint density at radius 1 is 1.64 bits per heavy atom. The first-order chi connectivity index (χ1) is 5.16. The second kappa shape index (κ2) is 3.03.